The predicted octanol–water partition coefficient (Wildman–Crippen LogP) is 5.79. The summed E-state index contributed by atoms with van der Waals surface area (Å²) in [7, 11) is 0. The zero-order valence-corrected chi connectivity index (χ0v) is 20.9. The Kier molecular flexibility index (Phi) is 5.79. The van der Waals surface area contributed by atoms with Crippen molar-refractivity contribution in [3.8, 4) is 22.6 Å². The van der Waals surface area contributed by atoms with Crippen molar-refractivity contribution in [2.75, 3.05) is 6.79 Å². The van der Waals surface area contributed by atoms with Crippen LogP contribution in [0.4, 0.5) is 0 Å². The highest BCUT2D eigenvalue weighted by molar-refractivity contribution is 9.10. The number of hydrogen-bond donors (Lipinski definition) is 2. The van der Waals surface area contributed by atoms with Gasteiger partial charge < -0.3 is 19.0 Å². The number of benzene rings is 3. The van der Waals surface area contributed by atoms with Gasteiger partial charge in [-0.25, -0.2) is 9.97 Å². The zero-order valence-electron chi connectivity index (χ0n) is 18.5. The first-order valence-corrected chi connectivity index (χ1v) is 12.7. The Hall–Kier alpha value is -3.56. The molecule has 0 fully saturated rings. The van der Waals surface area contributed by atoms with E-state index in [1.54, 1.807) is 6.33 Å². The summed E-state index contributed by atoms with van der Waals surface area (Å²) in [6.45, 7) is 0.931. The number of rotatable bonds is 6. The van der Waals surface area contributed by atoms with Crippen molar-refractivity contribution in [3.63, 3.8) is 0 Å². The maximum absolute atomic E-state index is 8.25. The predicted molar refractivity (Wildman–Crippen MR) is 138 cm³/mol. The van der Waals surface area contributed by atoms with Gasteiger partial charge in [0.1, 0.15) is 5.52 Å². The van der Waals surface area contributed by atoms with Crippen LogP contribution in [0.25, 0.3) is 22.3 Å². The lowest BCUT2D eigenvalue weighted by molar-refractivity contribution is 0.174. The maximum Gasteiger partial charge on any atom is 0.231 e. The standard InChI is InChI=1S/C26H20BrN5O2S/c27-19-12-20-21(34-15-33-20)13-22(19)35-26-30-23-24(28)29-14-32(25(23)31-26)11-10-16-6-8-18(9-7-16)17-4-2-1-3-5-17/h1-9,12-14,28H,10-11,15H2,(H,30,31). The van der Waals surface area contributed by atoms with E-state index in [2.05, 4.69) is 74.4 Å². The largest absolute Gasteiger partial charge is 0.454 e. The molecule has 5 aromatic rings. The summed E-state index contributed by atoms with van der Waals surface area (Å²) in [6.07, 6.45) is 2.52. The molecule has 35 heavy (non-hydrogen) atoms. The Labute approximate surface area is 213 Å². The molecule has 174 valence electrons. The fourth-order valence-corrected chi connectivity index (χ4v) is 5.38. The van der Waals surface area contributed by atoms with Crippen molar-refractivity contribution in [3.05, 3.63) is 88.6 Å². The number of halogens is 1. The van der Waals surface area contributed by atoms with Crippen molar-refractivity contribution >= 4 is 38.9 Å². The van der Waals surface area contributed by atoms with E-state index in [4.69, 9.17) is 19.9 Å². The minimum absolute atomic E-state index is 0.174. The van der Waals surface area contributed by atoms with Crippen molar-refractivity contribution in [2.24, 2.45) is 0 Å². The number of imidazole rings is 1. The number of H-pyrrole nitrogens is 1. The molecule has 0 bridgehead atoms. The molecule has 0 unspecified atom stereocenters. The molecular formula is C26H20BrN5O2S. The van der Waals surface area contributed by atoms with E-state index >= 15 is 0 Å². The van der Waals surface area contributed by atoms with Crippen molar-refractivity contribution in [1.82, 2.24) is 19.5 Å². The van der Waals surface area contributed by atoms with Crippen LogP contribution in [0.3, 0.4) is 0 Å². The topological polar surface area (TPSA) is 88.8 Å². The first-order valence-electron chi connectivity index (χ1n) is 11.1. The molecule has 2 N–H and O–H groups in total. The number of aromatic nitrogens is 4. The molecule has 9 heteroatoms. The third kappa shape index (κ3) is 4.44. The highest BCUT2D eigenvalue weighted by atomic mass is 79.9. The average Bonchev–Trinajstić information content (AvgIpc) is 3.52. The number of aryl methyl sites for hydroxylation is 2. The van der Waals surface area contributed by atoms with Gasteiger partial charge in [0.2, 0.25) is 6.79 Å². The van der Waals surface area contributed by atoms with Crippen LogP contribution in [0.5, 0.6) is 11.5 Å². The number of nitrogens with one attached hydrogen (secondary N) is 2. The molecule has 0 amide bonds. The summed E-state index contributed by atoms with van der Waals surface area (Å²) >= 11 is 5.06. The van der Waals surface area contributed by atoms with Gasteiger partial charge in [0.25, 0.3) is 0 Å². The fraction of sp³-hybridized carbons (Fsp3) is 0.115. The zero-order chi connectivity index (χ0) is 23.8. The molecule has 2 aromatic heterocycles. The second-order valence-corrected chi connectivity index (χ2v) is 9.96. The third-order valence-electron chi connectivity index (χ3n) is 5.83. The van der Waals surface area contributed by atoms with Crippen LogP contribution in [-0.4, -0.2) is 26.3 Å². The molecule has 0 saturated carbocycles. The Morgan fingerprint density at radius 2 is 1.74 bits per heavy atom. The van der Waals surface area contributed by atoms with E-state index in [9.17, 15) is 0 Å². The minimum Gasteiger partial charge on any atom is -0.454 e. The van der Waals surface area contributed by atoms with E-state index in [0.717, 1.165) is 21.5 Å². The molecule has 3 aromatic carbocycles. The lowest BCUT2D eigenvalue weighted by Crippen LogP contribution is -2.13. The summed E-state index contributed by atoms with van der Waals surface area (Å²) in [4.78, 5) is 13.3. The van der Waals surface area contributed by atoms with Crippen LogP contribution in [-0.2, 0) is 13.0 Å². The van der Waals surface area contributed by atoms with E-state index < -0.39 is 0 Å². The van der Waals surface area contributed by atoms with E-state index in [1.807, 2.05) is 22.8 Å². The van der Waals surface area contributed by atoms with E-state index in [1.165, 1.54) is 28.5 Å². The Morgan fingerprint density at radius 3 is 2.54 bits per heavy atom. The SMILES string of the molecule is N=c1ncn(CCc2ccc(-c3ccccc3)cc2)c2nc(Sc3cc4c(cc3Br)OCO4)[nH]c12. The van der Waals surface area contributed by atoms with Crippen LogP contribution < -0.4 is 15.0 Å². The summed E-state index contributed by atoms with van der Waals surface area (Å²) in [6, 6.07) is 22.8. The summed E-state index contributed by atoms with van der Waals surface area (Å²) in [5.41, 5.74) is 5.15. The Bertz CT molecular complexity index is 1580. The van der Waals surface area contributed by atoms with Gasteiger partial charge >= 0.3 is 0 Å². The smallest absolute Gasteiger partial charge is 0.231 e. The van der Waals surface area contributed by atoms with Gasteiger partial charge in [0.15, 0.2) is 27.8 Å². The molecule has 0 saturated heterocycles. The molecular weight excluding hydrogens is 526 g/mol. The van der Waals surface area contributed by atoms with Crippen LogP contribution >= 0.6 is 27.7 Å². The molecule has 6 rings (SSSR count). The molecule has 3 heterocycles. The molecule has 0 spiro atoms. The van der Waals surface area contributed by atoms with Crippen LogP contribution in [0.15, 0.2) is 87.6 Å². The Morgan fingerprint density at radius 1 is 1.00 bits per heavy atom. The first kappa shape index (κ1) is 21.9. The van der Waals surface area contributed by atoms with E-state index in [0.29, 0.717) is 28.6 Å². The second-order valence-electron chi connectivity index (χ2n) is 8.08. The van der Waals surface area contributed by atoms with Crippen molar-refractivity contribution in [1.29, 1.82) is 5.41 Å². The first-order chi connectivity index (χ1) is 17.1. The number of hydrogen-bond acceptors (Lipinski definition) is 6. The summed E-state index contributed by atoms with van der Waals surface area (Å²) < 4.78 is 13.8. The molecule has 0 aliphatic carbocycles. The van der Waals surface area contributed by atoms with Gasteiger partial charge in [-0.3, -0.25) is 5.41 Å². The van der Waals surface area contributed by atoms with Crippen LogP contribution in [0.2, 0.25) is 0 Å². The van der Waals surface area contributed by atoms with Crippen LogP contribution in [0, 0.1) is 5.41 Å². The molecule has 1 aliphatic heterocycles. The second kappa shape index (κ2) is 9.24. The molecule has 0 radical (unpaired) electrons. The minimum atomic E-state index is 0.174. The highest BCUT2D eigenvalue weighted by Gasteiger charge is 2.18. The average molecular weight is 546 g/mol. The third-order valence-corrected chi connectivity index (χ3v) is 7.70. The van der Waals surface area contributed by atoms with Gasteiger partial charge in [-0.2, -0.15) is 0 Å². The number of aromatic amines is 1. The van der Waals surface area contributed by atoms with E-state index in [-0.39, 0.29) is 12.3 Å². The molecule has 1 aliphatic rings. The molecule has 7 nitrogen and oxygen atoms in total. The summed E-state index contributed by atoms with van der Waals surface area (Å²) in [5.74, 6) is 1.43. The quantitative estimate of drug-likeness (QED) is 0.282. The maximum atomic E-state index is 8.25. The molecule has 0 atom stereocenters. The van der Waals surface area contributed by atoms with Crippen molar-refractivity contribution < 1.29 is 9.47 Å². The Balaban J connectivity index is 1.23. The van der Waals surface area contributed by atoms with Gasteiger partial charge in [0.05, 0.1) is 6.33 Å². The van der Waals surface area contributed by atoms with Gasteiger partial charge in [-0.15, -0.1) is 0 Å². The number of ether oxygens (including phenoxy) is 2. The normalized spacial score (nSPS) is 12.4. The number of nitrogens with zero attached hydrogens (tertiary/aromatic N) is 3. The van der Waals surface area contributed by atoms with Gasteiger partial charge in [-0.1, -0.05) is 66.4 Å². The van der Waals surface area contributed by atoms with Gasteiger partial charge in [-0.05, 0) is 51.2 Å². The van der Waals surface area contributed by atoms with Crippen molar-refractivity contribution in [2.45, 2.75) is 23.0 Å². The lowest BCUT2D eigenvalue weighted by Gasteiger charge is -2.08. The summed E-state index contributed by atoms with van der Waals surface area (Å²) in [5, 5.41) is 8.93. The van der Waals surface area contributed by atoms with Gasteiger partial charge in [0, 0.05) is 15.9 Å². The highest BCUT2D eigenvalue weighted by Crippen LogP contribution is 2.42. The number of fused-ring (bicyclic) bond motifs is 2. The van der Waals surface area contributed by atoms with Crippen LogP contribution in [0.1, 0.15) is 5.56 Å². The monoisotopic (exact) mass is 545 g/mol. The lowest BCUT2D eigenvalue weighted by atomic mass is 10.0. The fourth-order valence-electron chi connectivity index (χ4n) is 4.00.